The fraction of sp³-hybridized carbons (Fsp3) is 0.0667. The Hall–Kier alpha value is -2.39. The summed E-state index contributed by atoms with van der Waals surface area (Å²) in [5.74, 6) is -0.473. The number of hydrogen-bond acceptors (Lipinski definition) is 3. The van der Waals surface area contributed by atoms with Crippen LogP contribution in [0.1, 0.15) is 11.3 Å². The first-order valence-electron chi connectivity index (χ1n) is 6.11. The van der Waals surface area contributed by atoms with Crippen LogP contribution >= 0.6 is 12.3 Å². The van der Waals surface area contributed by atoms with E-state index in [9.17, 15) is 8.28 Å². The Labute approximate surface area is 124 Å². The van der Waals surface area contributed by atoms with E-state index in [0.29, 0.717) is 22.3 Å². The van der Waals surface area contributed by atoms with Crippen LogP contribution in [0.15, 0.2) is 36.5 Å². The van der Waals surface area contributed by atoms with Crippen LogP contribution in [0.5, 0.6) is 0 Å². The summed E-state index contributed by atoms with van der Waals surface area (Å²) in [4.78, 5) is 4.17. The molecule has 0 amide bonds. The molecule has 0 aliphatic heterocycles. The molecule has 0 spiro atoms. The van der Waals surface area contributed by atoms with Crippen LogP contribution in [-0.4, -0.2) is 8.96 Å². The van der Waals surface area contributed by atoms with Crippen molar-refractivity contribution in [2.75, 3.05) is 0 Å². The van der Waals surface area contributed by atoms with Crippen LogP contribution in [0, 0.1) is 24.1 Å². The summed E-state index contributed by atoms with van der Waals surface area (Å²) in [7, 11) is 0. The summed E-state index contributed by atoms with van der Waals surface area (Å²) < 4.78 is 28.2. The molecule has 3 rings (SSSR count). The fourth-order valence-corrected chi connectivity index (χ4v) is 2.72. The lowest BCUT2D eigenvalue weighted by Gasteiger charge is -2.06. The van der Waals surface area contributed by atoms with Crippen molar-refractivity contribution in [3.8, 4) is 17.3 Å². The van der Waals surface area contributed by atoms with E-state index >= 15 is 0 Å². The van der Waals surface area contributed by atoms with Gasteiger partial charge in [0.1, 0.15) is 5.82 Å². The molecule has 0 radical (unpaired) electrons. The highest BCUT2D eigenvalue weighted by Crippen LogP contribution is 2.34. The predicted octanol–water partition coefficient (Wildman–Crippen LogP) is 4.40. The quantitative estimate of drug-likeness (QED) is 0.704. The van der Waals surface area contributed by atoms with Crippen LogP contribution in [0.3, 0.4) is 0 Å². The third-order valence-corrected chi connectivity index (χ3v) is 3.76. The van der Waals surface area contributed by atoms with Gasteiger partial charge in [-0.3, -0.25) is 8.96 Å². The number of halogens is 2. The SMILES string of the molecule is Cc1cc2c(cn1)cc(-c1cc(F)ccc1C#N)n2SF. The van der Waals surface area contributed by atoms with Gasteiger partial charge in [-0.15, -0.1) is 3.89 Å². The Morgan fingerprint density at radius 3 is 2.81 bits per heavy atom. The Balaban J connectivity index is 2.35. The molecule has 2 aromatic heterocycles. The molecule has 0 N–H and O–H groups in total. The molecule has 6 heteroatoms. The molecule has 0 unspecified atom stereocenters. The lowest BCUT2D eigenvalue weighted by Crippen LogP contribution is -1.92. The molecule has 0 atom stereocenters. The molecule has 0 bridgehead atoms. The molecule has 0 fully saturated rings. The molecule has 0 aliphatic rings. The molecular formula is C15H9F2N3S. The Bertz CT molecular complexity index is 880. The van der Waals surface area contributed by atoms with Gasteiger partial charge >= 0.3 is 0 Å². The van der Waals surface area contributed by atoms with Gasteiger partial charge in [0, 0.05) is 22.8 Å². The predicted molar refractivity (Wildman–Crippen MR) is 78.7 cm³/mol. The summed E-state index contributed by atoms with van der Waals surface area (Å²) in [5.41, 5.74) is 2.47. The van der Waals surface area contributed by atoms with E-state index in [4.69, 9.17) is 5.26 Å². The van der Waals surface area contributed by atoms with Gasteiger partial charge in [-0.1, -0.05) is 0 Å². The normalized spacial score (nSPS) is 10.8. The number of benzene rings is 1. The summed E-state index contributed by atoms with van der Waals surface area (Å²) in [6.45, 7) is 1.81. The second kappa shape index (κ2) is 5.19. The van der Waals surface area contributed by atoms with E-state index in [1.165, 1.54) is 22.2 Å². The van der Waals surface area contributed by atoms with Crippen molar-refractivity contribution >= 4 is 23.2 Å². The second-order valence-corrected chi connectivity index (χ2v) is 5.08. The smallest absolute Gasteiger partial charge is 0.170 e. The van der Waals surface area contributed by atoms with E-state index in [1.807, 2.05) is 13.0 Å². The first-order valence-corrected chi connectivity index (χ1v) is 6.78. The van der Waals surface area contributed by atoms with Crippen LogP contribution < -0.4 is 0 Å². The molecule has 0 saturated heterocycles. The van der Waals surface area contributed by atoms with Gasteiger partial charge in [0.25, 0.3) is 0 Å². The number of fused-ring (bicyclic) bond motifs is 1. The molecule has 0 saturated carbocycles. The van der Waals surface area contributed by atoms with Gasteiger partial charge in [-0.25, -0.2) is 4.39 Å². The van der Waals surface area contributed by atoms with Gasteiger partial charge < -0.3 is 0 Å². The van der Waals surface area contributed by atoms with E-state index in [1.54, 1.807) is 18.3 Å². The van der Waals surface area contributed by atoms with Crippen LogP contribution in [0.2, 0.25) is 0 Å². The van der Waals surface area contributed by atoms with Gasteiger partial charge in [0.15, 0.2) is 12.3 Å². The monoisotopic (exact) mass is 301 g/mol. The molecular weight excluding hydrogens is 292 g/mol. The lowest BCUT2D eigenvalue weighted by molar-refractivity contribution is 0.628. The molecule has 21 heavy (non-hydrogen) atoms. The first-order chi connectivity index (χ1) is 10.1. The zero-order valence-electron chi connectivity index (χ0n) is 11.0. The third kappa shape index (κ3) is 2.26. The number of aromatic nitrogens is 2. The van der Waals surface area contributed by atoms with E-state index in [-0.39, 0.29) is 12.3 Å². The van der Waals surface area contributed by atoms with E-state index < -0.39 is 5.82 Å². The number of pyridine rings is 1. The number of rotatable bonds is 2. The molecule has 0 aliphatic carbocycles. The van der Waals surface area contributed by atoms with Crippen molar-refractivity contribution in [1.29, 1.82) is 5.26 Å². The Kier molecular flexibility index (Phi) is 3.35. The molecule has 104 valence electrons. The summed E-state index contributed by atoms with van der Waals surface area (Å²) in [6.07, 6.45) is 1.63. The van der Waals surface area contributed by atoms with Gasteiger partial charge in [0.05, 0.1) is 22.8 Å². The van der Waals surface area contributed by atoms with Crippen molar-refractivity contribution in [2.45, 2.75) is 6.92 Å². The standard InChI is InChI=1S/C15H9F2N3S/c1-9-4-14-11(8-19-9)5-15(20(14)21-17)13-6-12(16)3-2-10(13)7-18/h2-6,8H,1H3. The van der Waals surface area contributed by atoms with E-state index in [0.717, 1.165) is 11.1 Å². The van der Waals surface area contributed by atoms with Gasteiger partial charge in [-0.05, 0) is 37.3 Å². The van der Waals surface area contributed by atoms with Crippen molar-refractivity contribution in [3.05, 3.63) is 53.6 Å². The van der Waals surface area contributed by atoms with Crippen LogP contribution in [-0.2, 0) is 0 Å². The maximum atomic E-state index is 13.5. The van der Waals surface area contributed by atoms with E-state index in [2.05, 4.69) is 4.98 Å². The maximum Gasteiger partial charge on any atom is 0.170 e. The number of nitrogens with zero attached hydrogens (tertiary/aromatic N) is 3. The molecule has 2 heterocycles. The number of nitriles is 1. The van der Waals surface area contributed by atoms with Gasteiger partial charge in [0.2, 0.25) is 0 Å². The minimum Gasteiger partial charge on any atom is -0.261 e. The topological polar surface area (TPSA) is 41.6 Å². The zero-order valence-corrected chi connectivity index (χ0v) is 11.8. The number of aryl methyl sites for hydroxylation is 1. The average Bonchev–Trinajstić information content (AvgIpc) is 2.84. The summed E-state index contributed by atoms with van der Waals surface area (Å²) in [6, 6.07) is 9.28. The minimum absolute atomic E-state index is 0.0172. The van der Waals surface area contributed by atoms with Crippen LogP contribution in [0.25, 0.3) is 22.2 Å². The molecule has 1 aromatic carbocycles. The average molecular weight is 301 g/mol. The Morgan fingerprint density at radius 2 is 2.10 bits per heavy atom. The second-order valence-electron chi connectivity index (χ2n) is 4.58. The summed E-state index contributed by atoms with van der Waals surface area (Å²) in [5, 5.41) is 9.89. The number of hydrogen-bond donors (Lipinski definition) is 0. The molecule has 3 aromatic rings. The lowest BCUT2D eigenvalue weighted by atomic mass is 10.1. The third-order valence-electron chi connectivity index (χ3n) is 3.23. The van der Waals surface area contributed by atoms with Crippen molar-refractivity contribution in [1.82, 2.24) is 8.96 Å². The minimum atomic E-state index is -0.473. The highest BCUT2D eigenvalue weighted by atomic mass is 32.2. The maximum absolute atomic E-state index is 13.5. The highest BCUT2D eigenvalue weighted by Gasteiger charge is 2.16. The van der Waals surface area contributed by atoms with Crippen molar-refractivity contribution in [3.63, 3.8) is 0 Å². The van der Waals surface area contributed by atoms with Crippen molar-refractivity contribution < 1.29 is 8.28 Å². The summed E-state index contributed by atoms with van der Waals surface area (Å²) >= 11 is 0.0172. The molecule has 3 nitrogen and oxygen atoms in total. The zero-order chi connectivity index (χ0) is 15.0. The highest BCUT2D eigenvalue weighted by molar-refractivity contribution is 7.93. The Morgan fingerprint density at radius 1 is 1.29 bits per heavy atom. The first kappa shape index (κ1) is 13.6. The van der Waals surface area contributed by atoms with Gasteiger partial charge in [-0.2, -0.15) is 5.26 Å². The van der Waals surface area contributed by atoms with Crippen molar-refractivity contribution in [2.24, 2.45) is 0 Å². The fourth-order valence-electron chi connectivity index (χ4n) is 2.27. The van der Waals surface area contributed by atoms with Crippen LogP contribution in [0.4, 0.5) is 8.28 Å². The largest absolute Gasteiger partial charge is 0.261 e.